The summed E-state index contributed by atoms with van der Waals surface area (Å²) >= 11 is 0. The quantitative estimate of drug-likeness (QED) is 0.709. The van der Waals surface area contributed by atoms with Gasteiger partial charge in [-0.3, -0.25) is 4.79 Å². The van der Waals surface area contributed by atoms with Crippen molar-refractivity contribution in [1.29, 1.82) is 0 Å². The van der Waals surface area contributed by atoms with E-state index < -0.39 is 19.3 Å². The molecule has 0 aromatic rings. The van der Waals surface area contributed by atoms with Crippen molar-refractivity contribution >= 4 is 12.9 Å². The summed E-state index contributed by atoms with van der Waals surface area (Å²) in [5.41, 5.74) is 4.94. The number of nitrogens with two attached hydrogens (primary N) is 1. The van der Waals surface area contributed by atoms with Crippen LogP contribution in [0.3, 0.4) is 0 Å². The van der Waals surface area contributed by atoms with Crippen molar-refractivity contribution in [2.45, 2.75) is 31.7 Å². The van der Waals surface area contributed by atoms with Crippen LogP contribution in [0.25, 0.3) is 0 Å². The van der Waals surface area contributed by atoms with Gasteiger partial charge in [0.1, 0.15) is 0 Å². The van der Waals surface area contributed by atoms with Crippen molar-refractivity contribution in [1.82, 2.24) is 4.90 Å². The molecule has 1 fully saturated rings. The van der Waals surface area contributed by atoms with Crippen LogP contribution in [0.15, 0.2) is 0 Å². The van der Waals surface area contributed by atoms with E-state index in [1.807, 2.05) is 0 Å². The summed E-state index contributed by atoms with van der Waals surface area (Å²) in [5.74, 6) is -0.693. The largest absolute Gasteiger partial charge is 0.492 e. The van der Waals surface area contributed by atoms with Gasteiger partial charge in [-0.2, -0.15) is 0 Å². The third-order valence-electron chi connectivity index (χ3n) is 2.64. The van der Waals surface area contributed by atoms with E-state index in [0.717, 1.165) is 25.7 Å². The lowest BCUT2D eigenvalue weighted by atomic mass is 9.90. The van der Waals surface area contributed by atoms with Crippen LogP contribution in [0.5, 0.6) is 0 Å². The predicted octanol–water partition coefficient (Wildman–Crippen LogP) is 1.10. The lowest BCUT2D eigenvalue weighted by Crippen LogP contribution is -2.47. The van der Waals surface area contributed by atoms with Gasteiger partial charge in [0.25, 0.3) is 0 Å². The molecular weight excluding hydrogens is 208 g/mol. The lowest BCUT2D eigenvalue weighted by molar-refractivity contribution is -0.119. The molecular formula is C8H15BF3N2O-. The number of rotatable bonds is 5. The van der Waals surface area contributed by atoms with E-state index in [1.54, 1.807) is 0 Å². The highest BCUT2D eigenvalue weighted by molar-refractivity contribution is 6.58. The van der Waals surface area contributed by atoms with Crippen molar-refractivity contribution in [2.75, 3.05) is 13.0 Å². The monoisotopic (exact) mass is 223 g/mol. The van der Waals surface area contributed by atoms with E-state index in [-0.39, 0.29) is 12.6 Å². The number of carbonyl (C=O) groups is 1. The van der Waals surface area contributed by atoms with Crippen molar-refractivity contribution in [3.05, 3.63) is 0 Å². The number of carbonyl (C=O) groups excluding carboxylic acids is 1. The molecule has 0 saturated heterocycles. The molecule has 0 unspecified atom stereocenters. The summed E-state index contributed by atoms with van der Waals surface area (Å²) in [7, 11) is 0. The Morgan fingerprint density at radius 1 is 1.33 bits per heavy atom. The first-order valence-corrected chi connectivity index (χ1v) is 5.12. The molecule has 0 heterocycles. The second-order valence-electron chi connectivity index (χ2n) is 4.04. The van der Waals surface area contributed by atoms with Crippen LogP contribution in [0.1, 0.15) is 25.7 Å². The van der Waals surface area contributed by atoms with Crippen LogP contribution in [-0.4, -0.2) is 36.8 Å². The number of primary amides is 1. The summed E-state index contributed by atoms with van der Waals surface area (Å²) < 4.78 is 36.8. The molecule has 0 bridgehead atoms. The Balaban J connectivity index is 2.55. The van der Waals surface area contributed by atoms with Gasteiger partial charge in [0.05, 0.1) is 6.54 Å². The first kappa shape index (κ1) is 12.4. The molecule has 0 spiro atoms. The number of halogens is 3. The van der Waals surface area contributed by atoms with E-state index in [1.165, 1.54) is 4.90 Å². The first-order chi connectivity index (χ1) is 6.88. The third-order valence-corrected chi connectivity index (χ3v) is 2.64. The summed E-state index contributed by atoms with van der Waals surface area (Å²) in [6.07, 6.45) is 2.36. The zero-order valence-corrected chi connectivity index (χ0v) is 8.46. The Kier molecular flexibility index (Phi) is 4.01. The zero-order valence-electron chi connectivity index (χ0n) is 8.46. The van der Waals surface area contributed by atoms with Crippen molar-refractivity contribution in [3.8, 4) is 0 Å². The molecule has 3 nitrogen and oxygen atoms in total. The number of hydrogen-bond acceptors (Lipinski definition) is 2. The molecule has 1 amide bonds. The van der Waals surface area contributed by atoms with Gasteiger partial charge in [-0.05, 0) is 19.3 Å². The van der Waals surface area contributed by atoms with E-state index in [4.69, 9.17) is 5.73 Å². The zero-order chi connectivity index (χ0) is 11.5. The van der Waals surface area contributed by atoms with Crippen LogP contribution in [-0.2, 0) is 4.79 Å². The standard InChI is InChI=1S/C8H15BF3N2O/c10-9(11,12)6-14(5-8(13)15)7-3-1-2-4-7/h7H,1-6H2,(H2,13,15)/q-1. The topological polar surface area (TPSA) is 46.3 Å². The van der Waals surface area contributed by atoms with Crippen molar-refractivity contribution in [3.63, 3.8) is 0 Å². The normalized spacial score (nSPS) is 18.7. The van der Waals surface area contributed by atoms with Gasteiger partial charge in [0, 0.05) is 6.04 Å². The highest BCUT2D eigenvalue weighted by atomic mass is 19.4. The van der Waals surface area contributed by atoms with Crippen LogP contribution >= 0.6 is 0 Å². The van der Waals surface area contributed by atoms with Gasteiger partial charge in [-0.1, -0.05) is 12.8 Å². The fourth-order valence-corrected chi connectivity index (χ4v) is 2.08. The maximum absolute atomic E-state index is 12.3. The summed E-state index contributed by atoms with van der Waals surface area (Å²) in [5, 5.41) is 0. The minimum absolute atomic E-state index is 0.124. The Morgan fingerprint density at radius 3 is 2.27 bits per heavy atom. The van der Waals surface area contributed by atoms with Gasteiger partial charge in [0.2, 0.25) is 5.91 Å². The third kappa shape index (κ3) is 4.55. The molecule has 88 valence electrons. The molecule has 0 aliphatic heterocycles. The summed E-state index contributed by atoms with van der Waals surface area (Å²) in [4.78, 5) is 11.8. The van der Waals surface area contributed by atoms with Crippen molar-refractivity contribution in [2.24, 2.45) is 5.73 Å². The predicted molar refractivity (Wildman–Crippen MR) is 52.1 cm³/mol. The second-order valence-corrected chi connectivity index (χ2v) is 4.04. The molecule has 1 aliphatic rings. The SMILES string of the molecule is NC(=O)CN(C[B-](F)(F)F)C1CCCC1. The van der Waals surface area contributed by atoms with Gasteiger partial charge < -0.3 is 23.6 Å². The van der Waals surface area contributed by atoms with Gasteiger partial charge in [-0.15, -0.1) is 0 Å². The molecule has 0 atom stereocenters. The second kappa shape index (κ2) is 4.87. The Hall–Kier alpha value is -0.715. The number of amides is 1. The van der Waals surface area contributed by atoms with Gasteiger partial charge in [-0.25, -0.2) is 0 Å². The fraction of sp³-hybridized carbons (Fsp3) is 0.875. The molecule has 1 aliphatic carbocycles. The van der Waals surface area contributed by atoms with E-state index >= 15 is 0 Å². The maximum atomic E-state index is 12.3. The molecule has 0 aromatic carbocycles. The Morgan fingerprint density at radius 2 is 1.87 bits per heavy atom. The molecule has 1 rings (SSSR count). The van der Waals surface area contributed by atoms with Crippen molar-refractivity contribution < 1.29 is 17.7 Å². The first-order valence-electron chi connectivity index (χ1n) is 5.12. The van der Waals surface area contributed by atoms with Crippen LogP contribution < -0.4 is 5.73 Å². The smallest absolute Gasteiger partial charge is 0.448 e. The molecule has 7 heteroatoms. The molecule has 0 radical (unpaired) electrons. The highest BCUT2D eigenvalue weighted by Gasteiger charge is 2.32. The van der Waals surface area contributed by atoms with Crippen LogP contribution in [0, 0.1) is 0 Å². The highest BCUT2D eigenvalue weighted by Crippen LogP contribution is 2.25. The molecule has 15 heavy (non-hydrogen) atoms. The number of hydrogen-bond donors (Lipinski definition) is 1. The average molecular weight is 223 g/mol. The maximum Gasteiger partial charge on any atom is 0.492 e. The van der Waals surface area contributed by atoms with Gasteiger partial charge in [0.15, 0.2) is 0 Å². The Bertz CT molecular complexity index is 228. The molecule has 2 N–H and O–H groups in total. The minimum Gasteiger partial charge on any atom is -0.448 e. The van der Waals surface area contributed by atoms with Gasteiger partial charge >= 0.3 is 6.98 Å². The average Bonchev–Trinajstić information content (AvgIpc) is 2.50. The lowest BCUT2D eigenvalue weighted by Gasteiger charge is -2.31. The summed E-state index contributed by atoms with van der Waals surface area (Å²) in [6.45, 7) is -5.17. The van der Waals surface area contributed by atoms with Crippen LogP contribution in [0.4, 0.5) is 12.9 Å². The van der Waals surface area contributed by atoms with E-state index in [0.29, 0.717) is 0 Å². The number of nitrogens with zero attached hydrogens (tertiary/aromatic N) is 1. The molecule has 0 aromatic heterocycles. The van der Waals surface area contributed by atoms with Crippen LogP contribution in [0.2, 0.25) is 0 Å². The molecule has 1 saturated carbocycles. The Labute approximate surface area is 86.9 Å². The minimum atomic E-state index is -4.88. The van der Waals surface area contributed by atoms with E-state index in [9.17, 15) is 17.7 Å². The fourth-order valence-electron chi connectivity index (χ4n) is 2.08. The summed E-state index contributed by atoms with van der Waals surface area (Å²) in [6, 6.07) is -0.124. The van der Waals surface area contributed by atoms with E-state index in [2.05, 4.69) is 0 Å².